The summed E-state index contributed by atoms with van der Waals surface area (Å²) in [6.45, 7) is 4.37. The molecule has 0 spiro atoms. The van der Waals surface area contributed by atoms with E-state index in [0.29, 0.717) is 11.4 Å². The summed E-state index contributed by atoms with van der Waals surface area (Å²) in [5.41, 5.74) is 5.28. The van der Waals surface area contributed by atoms with Crippen molar-refractivity contribution in [3.63, 3.8) is 0 Å². The highest BCUT2D eigenvalue weighted by Gasteiger charge is 2.10. The zero-order valence-corrected chi connectivity index (χ0v) is 10.4. The Morgan fingerprint density at radius 2 is 2.38 bits per heavy atom. The predicted octanol–water partition coefficient (Wildman–Crippen LogP) is 1.59. The van der Waals surface area contributed by atoms with Crippen molar-refractivity contribution >= 4 is 17.2 Å². The number of nitrogens with one attached hydrogen (secondary N) is 1. The number of nitrogens with two attached hydrogens (primary N) is 1. The highest BCUT2D eigenvalue weighted by atomic mass is 32.1. The topological polar surface area (TPSA) is 55.1 Å². The molecule has 1 rings (SSSR count). The maximum atomic E-state index is 11.7. The van der Waals surface area contributed by atoms with Crippen LogP contribution in [0.5, 0.6) is 0 Å². The van der Waals surface area contributed by atoms with Gasteiger partial charge in [0.2, 0.25) is 0 Å². The first kappa shape index (κ1) is 12.8. The Labute approximate surface area is 100 Å². The van der Waals surface area contributed by atoms with Crippen molar-refractivity contribution in [2.75, 3.05) is 6.54 Å². The van der Waals surface area contributed by atoms with E-state index in [1.54, 1.807) is 6.07 Å². The van der Waals surface area contributed by atoms with Crippen LogP contribution in [0.2, 0.25) is 0 Å². The van der Waals surface area contributed by atoms with E-state index in [1.807, 2.05) is 19.9 Å². The summed E-state index contributed by atoms with van der Waals surface area (Å²) in [6.07, 6.45) is 0.928. The van der Waals surface area contributed by atoms with Gasteiger partial charge in [0.05, 0.1) is 16.3 Å². The van der Waals surface area contributed by atoms with E-state index < -0.39 is 0 Å². The van der Waals surface area contributed by atoms with Crippen LogP contribution in [-0.4, -0.2) is 18.5 Å². The number of rotatable bonds is 3. The molecule has 1 aromatic rings. The standard InChI is InChI=1S/C12H16N2OS/c1-3-9(2)14-12(15)11-7-6-10(16-11)5-4-8-13/h6-7,9H,3,8,13H2,1-2H3,(H,14,15). The maximum Gasteiger partial charge on any atom is 0.261 e. The molecule has 1 heterocycles. The Balaban J connectivity index is 2.67. The molecule has 4 heteroatoms. The third-order valence-electron chi connectivity index (χ3n) is 2.13. The first-order chi connectivity index (χ1) is 7.67. The Morgan fingerprint density at radius 3 is 3.00 bits per heavy atom. The van der Waals surface area contributed by atoms with Gasteiger partial charge in [-0.1, -0.05) is 18.8 Å². The first-order valence-electron chi connectivity index (χ1n) is 5.27. The van der Waals surface area contributed by atoms with Crippen LogP contribution in [0.4, 0.5) is 0 Å². The van der Waals surface area contributed by atoms with E-state index >= 15 is 0 Å². The smallest absolute Gasteiger partial charge is 0.261 e. The van der Waals surface area contributed by atoms with Gasteiger partial charge in [-0.05, 0) is 25.5 Å². The van der Waals surface area contributed by atoms with Gasteiger partial charge in [0.25, 0.3) is 5.91 Å². The zero-order valence-electron chi connectivity index (χ0n) is 9.54. The molecule has 1 unspecified atom stereocenters. The van der Waals surface area contributed by atoms with Crippen LogP contribution in [0.3, 0.4) is 0 Å². The Bertz CT molecular complexity index is 414. The number of amides is 1. The lowest BCUT2D eigenvalue weighted by Gasteiger charge is -2.09. The lowest BCUT2D eigenvalue weighted by molar-refractivity contribution is 0.0943. The van der Waals surface area contributed by atoms with Crippen molar-refractivity contribution < 1.29 is 4.79 Å². The number of carbonyl (C=O) groups excluding carboxylic acids is 1. The number of hydrogen-bond donors (Lipinski definition) is 2. The lowest BCUT2D eigenvalue weighted by atomic mass is 10.2. The van der Waals surface area contributed by atoms with Crippen LogP contribution in [-0.2, 0) is 0 Å². The van der Waals surface area contributed by atoms with Crippen molar-refractivity contribution in [3.8, 4) is 11.8 Å². The van der Waals surface area contributed by atoms with E-state index in [0.717, 1.165) is 11.3 Å². The maximum absolute atomic E-state index is 11.7. The highest BCUT2D eigenvalue weighted by Crippen LogP contribution is 2.15. The second kappa shape index (κ2) is 6.31. The Hall–Kier alpha value is -1.31. The average molecular weight is 236 g/mol. The van der Waals surface area contributed by atoms with E-state index in [4.69, 9.17) is 5.73 Å². The largest absolute Gasteiger partial charge is 0.349 e. The Morgan fingerprint density at radius 1 is 1.62 bits per heavy atom. The molecular weight excluding hydrogens is 220 g/mol. The van der Waals surface area contributed by atoms with Crippen molar-refractivity contribution in [1.82, 2.24) is 5.32 Å². The second-order valence-corrected chi connectivity index (χ2v) is 4.54. The molecule has 0 radical (unpaired) electrons. The van der Waals surface area contributed by atoms with E-state index in [9.17, 15) is 4.79 Å². The third-order valence-corrected chi connectivity index (χ3v) is 3.13. The fraction of sp³-hybridized carbons (Fsp3) is 0.417. The summed E-state index contributed by atoms with van der Waals surface area (Å²) in [6, 6.07) is 3.84. The van der Waals surface area contributed by atoms with Gasteiger partial charge in [0.1, 0.15) is 0 Å². The molecule has 0 bridgehead atoms. The number of hydrogen-bond acceptors (Lipinski definition) is 3. The van der Waals surface area contributed by atoms with Gasteiger partial charge in [0.15, 0.2) is 0 Å². The lowest BCUT2D eigenvalue weighted by Crippen LogP contribution is -2.31. The van der Waals surface area contributed by atoms with Gasteiger partial charge in [-0.15, -0.1) is 11.3 Å². The summed E-state index contributed by atoms with van der Waals surface area (Å²) in [4.78, 5) is 13.3. The SMILES string of the molecule is CCC(C)NC(=O)c1ccc(C#CCN)s1. The molecule has 0 aliphatic heterocycles. The van der Waals surface area contributed by atoms with Crippen LogP contribution in [0, 0.1) is 11.8 Å². The monoisotopic (exact) mass is 236 g/mol. The molecule has 3 nitrogen and oxygen atoms in total. The molecule has 1 amide bonds. The van der Waals surface area contributed by atoms with E-state index in [-0.39, 0.29) is 11.9 Å². The van der Waals surface area contributed by atoms with Gasteiger partial charge in [0, 0.05) is 6.04 Å². The van der Waals surface area contributed by atoms with Crippen LogP contribution < -0.4 is 11.1 Å². The summed E-state index contributed by atoms with van der Waals surface area (Å²) < 4.78 is 0. The molecule has 0 saturated carbocycles. The second-order valence-electron chi connectivity index (χ2n) is 3.45. The van der Waals surface area contributed by atoms with Gasteiger partial charge in [-0.3, -0.25) is 4.79 Å². The zero-order chi connectivity index (χ0) is 12.0. The van der Waals surface area contributed by atoms with Crippen LogP contribution in [0.1, 0.15) is 34.8 Å². The molecule has 3 N–H and O–H groups in total. The Kier molecular flexibility index (Phi) is 5.03. The fourth-order valence-electron chi connectivity index (χ4n) is 1.06. The average Bonchev–Trinajstić information content (AvgIpc) is 2.74. The molecule has 0 saturated heterocycles. The van der Waals surface area contributed by atoms with Crippen molar-refractivity contribution in [2.45, 2.75) is 26.3 Å². The number of carbonyl (C=O) groups is 1. The molecule has 0 aromatic carbocycles. The molecule has 86 valence electrons. The summed E-state index contributed by atoms with van der Waals surface area (Å²) in [7, 11) is 0. The quantitative estimate of drug-likeness (QED) is 0.783. The van der Waals surface area contributed by atoms with Crippen molar-refractivity contribution in [3.05, 3.63) is 21.9 Å². The van der Waals surface area contributed by atoms with Gasteiger partial charge >= 0.3 is 0 Å². The fourth-order valence-corrected chi connectivity index (χ4v) is 1.85. The minimum Gasteiger partial charge on any atom is -0.349 e. The summed E-state index contributed by atoms with van der Waals surface area (Å²) >= 11 is 1.39. The summed E-state index contributed by atoms with van der Waals surface area (Å²) in [5.74, 6) is 5.65. The third kappa shape index (κ3) is 3.69. The minimum atomic E-state index is -0.0276. The molecule has 0 aliphatic carbocycles. The predicted molar refractivity (Wildman–Crippen MR) is 67.5 cm³/mol. The van der Waals surface area contributed by atoms with E-state index in [2.05, 4.69) is 17.2 Å². The molecule has 1 atom stereocenters. The molecular formula is C12H16N2OS. The summed E-state index contributed by atoms with van der Waals surface area (Å²) in [5, 5.41) is 2.91. The van der Waals surface area contributed by atoms with Crippen molar-refractivity contribution in [1.29, 1.82) is 0 Å². The van der Waals surface area contributed by atoms with Crippen molar-refractivity contribution in [2.24, 2.45) is 5.73 Å². The van der Waals surface area contributed by atoms with E-state index in [1.165, 1.54) is 11.3 Å². The molecule has 0 aliphatic rings. The molecule has 16 heavy (non-hydrogen) atoms. The van der Waals surface area contributed by atoms with Crippen LogP contribution in [0.25, 0.3) is 0 Å². The number of thiophene rings is 1. The van der Waals surface area contributed by atoms with Gasteiger partial charge in [-0.2, -0.15) is 0 Å². The highest BCUT2D eigenvalue weighted by molar-refractivity contribution is 7.14. The van der Waals surface area contributed by atoms with Gasteiger partial charge < -0.3 is 11.1 Å². The molecule has 1 aromatic heterocycles. The first-order valence-corrected chi connectivity index (χ1v) is 6.08. The normalized spacial score (nSPS) is 11.4. The van der Waals surface area contributed by atoms with Gasteiger partial charge in [-0.25, -0.2) is 0 Å². The van der Waals surface area contributed by atoms with Crippen LogP contribution in [0.15, 0.2) is 12.1 Å². The minimum absolute atomic E-state index is 0.0276. The van der Waals surface area contributed by atoms with Crippen LogP contribution >= 0.6 is 11.3 Å². The molecule has 0 fully saturated rings.